The Hall–Kier alpha value is -2.82. The molecule has 0 radical (unpaired) electrons. The van der Waals surface area contributed by atoms with Crippen LogP contribution in [0.4, 0.5) is 29.7 Å². The zero-order valence-electron chi connectivity index (χ0n) is 17.2. The molecule has 0 saturated carbocycles. The van der Waals surface area contributed by atoms with Crippen LogP contribution in [0.1, 0.15) is 31.5 Å². The number of carbonyl (C=O) groups excluding carboxylic acids is 1. The molecule has 0 atom stereocenters. The average molecular weight is 427 g/mol. The van der Waals surface area contributed by atoms with Crippen molar-refractivity contribution >= 4 is 17.7 Å². The first-order valence-electron chi connectivity index (χ1n) is 9.36. The Morgan fingerprint density at radius 3 is 2.63 bits per heavy atom. The predicted molar refractivity (Wildman–Crippen MR) is 103 cm³/mol. The molecule has 3 heterocycles. The maximum absolute atomic E-state index is 13.0. The predicted octanol–water partition coefficient (Wildman–Crippen LogP) is 3.70. The Morgan fingerprint density at radius 1 is 1.30 bits per heavy atom. The molecule has 1 fully saturated rings. The summed E-state index contributed by atoms with van der Waals surface area (Å²) in [5.41, 5.74) is -0.598. The molecule has 2 aromatic heterocycles. The summed E-state index contributed by atoms with van der Waals surface area (Å²) in [5, 5.41) is 7.04. The number of methoxy groups -OCH3 is 1. The highest BCUT2D eigenvalue weighted by molar-refractivity contribution is 5.91. The van der Waals surface area contributed by atoms with Gasteiger partial charge in [0.1, 0.15) is 5.82 Å². The summed E-state index contributed by atoms with van der Waals surface area (Å²) in [6, 6.07) is 3.48. The summed E-state index contributed by atoms with van der Waals surface area (Å²) in [6.07, 6.45) is -3.04. The number of halogens is 3. The van der Waals surface area contributed by atoms with Crippen LogP contribution in [-0.4, -0.2) is 55.0 Å². The lowest BCUT2D eigenvalue weighted by molar-refractivity contribution is -0.137. The van der Waals surface area contributed by atoms with E-state index in [1.807, 2.05) is 13.8 Å². The van der Waals surface area contributed by atoms with Gasteiger partial charge in [0.05, 0.1) is 17.9 Å². The minimum Gasteiger partial charge on any atom is -0.384 e. The fourth-order valence-electron chi connectivity index (χ4n) is 3.20. The maximum atomic E-state index is 13.0. The third-order valence-corrected chi connectivity index (χ3v) is 4.91. The SMILES string of the molecule is COCC(C)(C)c1cc(N(C)C(=O)N2CCCN2c2ccc(C(F)(F)F)cn2)on1. The van der Waals surface area contributed by atoms with Crippen molar-refractivity contribution in [2.45, 2.75) is 31.9 Å². The van der Waals surface area contributed by atoms with Gasteiger partial charge in [0, 0.05) is 44.9 Å². The molecule has 3 rings (SSSR count). The summed E-state index contributed by atoms with van der Waals surface area (Å²) in [4.78, 5) is 18.2. The minimum atomic E-state index is -4.47. The fraction of sp³-hybridized carbons (Fsp3) is 0.526. The molecule has 1 saturated heterocycles. The number of anilines is 2. The Morgan fingerprint density at radius 2 is 2.03 bits per heavy atom. The van der Waals surface area contributed by atoms with Crippen LogP contribution in [0.25, 0.3) is 0 Å². The first-order chi connectivity index (χ1) is 14.0. The van der Waals surface area contributed by atoms with Crippen molar-refractivity contribution in [2.75, 3.05) is 43.8 Å². The van der Waals surface area contributed by atoms with Crippen LogP contribution in [-0.2, 0) is 16.3 Å². The lowest BCUT2D eigenvalue weighted by Gasteiger charge is -2.31. The lowest BCUT2D eigenvalue weighted by atomic mass is 9.90. The molecule has 2 amide bonds. The topological polar surface area (TPSA) is 74.9 Å². The van der Waals surface area contributed by atoms with Crippen LogP contribution >= 0.6 is 0 Å². The van der Waals surface area contributed by atoms with Crippen LogP contribution in [0.3, 0.4) is 0 Å². The molecule has 0 aromatic carbocycles. The quantitative estimate of drug-likeness (QED) is 0.725. The Bertz CT molecular complexity index is 882. The van der Waals surface area contributed by atoms with E-state index < -0.39 is 23.2 Å². The van der Waals surface area contributed by atoms with E-state index in [1.165, 1.54) is 16.0 Å². The summed E-state index contributed by atoms with van der Waals surface area (Å²) in [5.74, 6) is 0.521. The van der Waals surface area contributed by atoms with Gasteiger partial charge in [-0.3, -0.25) is 9.91 Å². The number of aromatic nitrogens is 2. The Kier molecular flexibility index (Phi) is 5.93. The number of urea groups is 1. The van der Waals surface area contributed by atoms with Crippen LogP contribution in [0.15, 0.2) is 28.9 Å². The third kappa shape index (κ3) is 4.35. The van der Waals surface area contributed by atoms with Crippen molar-refractivity contribution in [2.24, 2.45) is 0 Å². The van der Waals surface area contributed by atoms with Gasteiger partial charge in [-0.2, -0.15) is 13.2 Å². The average Bonchev–Trinajstić information content (AvgIpc) is 3.36. The number of ether oxygens (including phenoxy) is 1. The van der Waals surface area contributed by atoms with E-state index in [2.05, 4.69) is 10.1 Å². The van der Waals surface area contributed by atoms with Gasteiger partial charge in [0.25, 0.3) is 0 Å². The Labute approximate surface area is 172 Å². The van der Waals surface area contributed by atoms with Crippen LogP contribution in [0, 0.1) is 0 Å². The molecule has 0 spiro atoms. The fourth-order valence-corrected chi connectivity index (χ4v) is 3.20. The number of alkyl halides is 3. The molecule has 164 valence electrons. The molecule has 2 aromatic rings. The zero-order valence-corrected chi connectivity index (χ0v) is 17.2. The van der Waals surface area contributed by atoms with Crippen LogP contribution in [0.2, 0.25) is 0 Å². The van der Waals surface area contributed by atoms with Gasteiger partial charge in [-0.05, 0) is 18.6 Å². The number of hydrogen-bond acceptors (Lipinski definition) is 6. The van der Waals surface area contributed by atoms with Crippen molar-refractivity contribution in [1.82, 2.24) is 15.1 Å². The second-order valence-corrected chi connectivity index (χ2v) is 7.71. The van der Waals surface area contributed by atoms with E-state index in [-0.39, 0.29) is 11.7 Å². The smallest absolute Gasteiger partial charge is 0.384 e. The second kappa shape index (κ2) is 8.13. The van der Waals surface area contributed by atoms with E-state index >= 15 is 0 Å². The van der Waals surface area contributed by atoms with Gasteiger partial charge in [-0.1, -0.05) is 19.0 Å². The minimum absolute atomic E-state index is 0.256. The van der Waals surface area contributed by atoms with Crippen molar-refractivity contribution < 1.29 is 27.2 Å². The number of amides is 2. The monoisotopic (exact) mass is 427 g/mol. The normalized spacial score (nSPS) is 15.0. The van der Waals surface area contributed by atoms with Gasteiger partial charge in [-0.15, -0.1) is 0 Å². The molecular weight excluding hydrogens is 403 g/mol. The standard InChI is InChI=1S/C19H24F3N5O3/c1-18(2,12-29-4)14-10-16(30-24-14)25(3)17(28)27-9-5-8-26(27)15-7-6-13(11-23-15)19(20,21)22/h6-7,10-11H,5,8-9,12H2,1-4H3. The molecule has 8 nitrogen and oxygen atoms in total. The van der Waals surface area contributed by atoms with Gasteiger partial charge in [-0.25, -0.2) is 14.8 Å². The lowest BCUT2D eigenvalue weighted by Crippen LogP contribution is -2.48. The summed E-state index contributed by atoms with van der Waals surface area (Å²) in [6.45, 7) is 5.18. The summed E-state index contributed by atoms with van der Waals surface area (Å²) >= 11 is 0. The van der Waals surface area contributed by atoms with Crippen molar-refractivity contribution in [3.8, 4) is 0 Å². The van der Waals surface area contributed by atoms with Crippen LogP contribution in [0.5, 0.6) is 0 Å². The first kappa shape index (κ1) is 21.9. The highest BCUT2D eigenvalue weighted by Gasteiger charge is 2.34. The zero-order chi connectivity index (χ0) is 22.1. The maximum Gasteiger partial charge on any atom is 0.417 e. The first-order valence-corrected chi connectivity index (χ1v) is 9.36. The van der Waals surface area contributed by atoms with Gasteiger partial charge < -0.3 is 9.26 Å². The van der Waals surface area contributed by atoms with Crippen LogP contribution < -0.4 is 9.91 Å². The number of hydrazine groups is 1. The van der Waals surface area contributed by atoms with Gasteiger partial charge >= 0.3 is 12.2 Å². The number of hydrogen-bond donors (Lipinski definition) is 0. The van der Waals surface area contributed by atoms with E-state index in [9.17, 15) is 18.0 Å². The number of pyridine rings is 1. The van der Waals surface area contributed by atoms with Crippen molar-refractivity contribution in [3.05, 3.63) is 35.7 Å². The summed E-state index contributed by atoms with van der Waals surface area (Å²) in [7, 11) is 3.14. The highest BCUT2D eigenvalue weighted by Crippen LogP contribution is 2.31. The van der Waals surface area contributed by atoms with E-state index in [1.54, 1.807) is 25.2 Å². The Balaban J connectivity index is 1.76. The molecule has 0 N–H and O–H groups in total. The third-order valence-electron chi connectivity index (χ3n) is 4.91. The highest BCUT2D eigenvalue weighted by atomic mass is 19.4. The number of rotatable bonds is 5. The van der Waals surface area contributed by atoms with Crippen molar-refractivity contribution in [3.63, 3.8) is 0 Å². The van der Waals surface area contributed by atoms with Crippen molar-refractivity contribution in [1.29, 1.82) is 0 Å². The molecule has 1 aliphatic heterocycles. The molecule has 1 aliphatic rings. The molecule has 0 unspecified atom stereocenters. The molecule has 0 bridgehead atoms. The van der Waals surface area contributed by atoms with E-state index in [4.69, 9.17) is 9.26 Å². The van der Waals surface area contributed by atoms with E-state index in [0.717, 1.165) is 12.3 Å². The molecule has 0 aliphatic carbocycles. The number of nitrogens with zero attached hydrogens (tertiary/aromatic N) is 5. The van der Waals surface area contributed by atoms with Gasteiger partial charge in [0.15, 0.2) is 0 Å². The molecular formula is C19H24F3N5O3. The largest absolute Gasteiger partial charge is 0.417 e. The molecule has 30 heavy (non-hydrogen) atoms. The van der Waals surface area contributed by atoms with Gasteiger partial charge in [0.2, 0.25) is 5.88 Å². The second-order valence-electron chi connectivity index (χ2n) is 7.71. The number of carbonyl (C=O) groups is 1. The molecule has 11 heteroatoms. The van der Waals surface area contributed by atoms with E-state index in [0.29, 0.717) is 31.8 Å². The summed E-state index contributed by atoms with van der Waals surface area (Å²) < 4.78 is 48.9.